The number of nitrogens with one attached hydrogen (secondary N) is 2. The molecule has 2 aliphatic rings. The van der Waals surface area contributed by atoms with Crippen molar-refractivity contribution in [2.45, 2.75) is 52.0 Å². The normalized spacial score (nSPS) is 24.0. The van der Waals surface area contributed by atoms with E-state index in [-0.39, 0.29) is 17.7 Å². The van der Waals surface area contributed by atoms with Gasteiger partial charge in [0.2, 0.25) is 5.91 Å². The Labute approximate surface area is 150 Å². The van der Waals surface area contributed by atoms with Gasteiger partial charge in [0.25, 0.3) is 5.91 Å². The summed E-state index contributed by atoms with van der Waals surface area (Å²) in [5.41, 5.74) is 2.45. The molecule has 0 spiro atoms. The Balaban J connectivity index is 1.67. The van der Waals surface area contributed by atoms with Crippen LogP contribution in [0.25, 0.3) is 0 Å². The summed E-state index contributed by atoms with van der Waals surface area (Å²) in [6.07, 6.45) is 5.33. The first-order valence-corrected chi connectivity index (χ1v) is 9.49. The van der Waals surface area contributed by atoms with Crippen molar-refractivity contribution in [1.29, 1.82) is 0 Å². The van der Waals surface area contributed by atoms with Crippen molar-refractivity contribution in [3.05, 3.63) is 29.3 Å². The van der Waals surface area contributed by atoms with Crippen LogP contribution in [0.4, 0.5) is 5.69 Å². The van der Waals surface area contributed by atoms with Gasteiger partial charge < -0.3 is 15.5 Å². The van der Waals surface area contributed by atoms with Crippen LogP contribution in [0.3, 0.4) is 0 Å². The molecular weight excluding hydrogens is 314 g/mol. The molecule has 0 bridgehead atoms. The molecule has 0 saturated carbocycles. The van der Waals surface area contributed by atoms with Gasteiger partial charge >= 0.3 is 0 Å². The molecule has 5 heteroatoms. The van der Waals surface area contributed by atoms with Gasteiger partial charge in [-0.05, 0) is 76.3 Å². The van der Waals surface area contributed by atoms with Gasteiger partial charge in [0.15, 0.2) is 0 Å². The summed E-state index contributed by atoms with van der Waals surface area (Å²) >= 11 is 0. The number of carbonyl (C=O) groups is 2. The van der Waals surface area contributed by atoms with E-state index in [1.54, 1.807) is 0 Å². The summed E-state index contributed by atoms with van der Waals surface area (Å²) in [5, 5.41) is 6.30. The van der Waals surface area contributed by atoms with Crippen LogP contribution in [-0.4, -0.2) is 42.4 Å². The Morgan fingerprint density at radius 2 is 2.04 bits per heavy atom. The number of rotatable bonds is 3. The molecule has 2 aliphatic heterocycles. The Morgan fingerprint density at radius 3 is 2.72 bits per heavy atom. The number of aryl methyl sites for hydroxylation is 1. The van der Waals surface area contributed by atoms with E-state index in [0.717, 1.165) is 56.6 Å². The van der Waals surface area contributed by atoms with E-state index in [1.807, 2.05) is 30.0 Å². The van der Waals surface area contributed by atoms with Crippen LogP contribution in [0.2, 0.25) is 0 Å². The average molecular weight is 343 g/mol. The Bertz CT molecular complexity index is 638. The van der Waals surface area contributed by atoms with E-state index >= 15 is 0 Å². The maximum atomic E-state index is 12.8. The van der Waals surface area contributed by atoms with Crippen LogP contribution in [0, 0.1) is 12.8 Å². The standard InChI is InChI=1S/C20H29N3O2/c1-14-12-16(20(25)23-11-4-3-6-15(23)2)8-9-18(14)22-19(24)17-7-5-10-21-13-17/h8-9,12,15,17,21H,3-7,10-11,13H2,1-2H3,(H,22,24). The van der Waals surface area contributed by atoms with Crippen molar-refractivity contribution in [1.82, 2.24) is 10.2 Å². The maximum Gasteiger partial charge on any atom is 0.254 e. The van der Waals surface area contributed by atoms with Crippen LogP contribution < -0.4 is 10.6 Å². The van der Waals surface area contributed by atoms with Crippen molar-refractivity contribution in [3.63, 3.8) is 0 Å². The number of amides is 2. The van der Waals surface area contributed by atoms with Crippen molar-refractivity contribution in [2.75, 3.05) is 25.0 Å². The molecule has 2 amide bonds. The predicted molar refractivity (Wildman–Crippen MR) is 99.8 cm³/mol. The quantitative estimate of drug-likeness (QED) is 0.887. The van der Waals surface area contributed by atoms with Crippen LogP contribution in [0.15, 0.2) is 18.2 Å². The largest absolute Gasteiger partial charge is 0.336 e. The second-order valence-electron chi connectivity index (χ2n) is 7.41. The number of hydrogen-bond acceptors (Lipinski definition) is 3. The lowest BCUT2D eigenvalue weighted by Gasteiger charge is -2.33. The second kappa shape index (κ2) is 8.00. The summed E-state index contributed by atoms with van der Waals surface area (Å²) in [6, 6.07) is 5.91. The van der Waals surface area contributed by atoms with E-state index in [0.29, 0.717) is 11.6 Å². The number of hydrogen-bond donors (Lipinski definition) is 2. The molecule has 1 aromatic carbocycles. The van der Waals surface area contributed by atoms with E-state index in [9.17, 15) is 9.59 Å². The third-order valence-corrected chi connectivity index (χ3v) is 5.46. The topological polar surface area (TPSA) is 61.4 Å². The molecule has 2 N–H and O–H groups in total. The van der Waals surface area contributed by atoms with Gasteiger partial charge in [-0.3, -0.25) is 9.59 Å². The molecule has 2 atom stereocenters. The lowest BCUT2D eigenvalue weighted by Crippen LogP contribution is -2.42. The fraction of sp³-hybridized carbons (Fsp3) is 0.600. The maximum absolute atomic E-state index is 12.8. The average Bonchev–Trinajstić information content (AvgIpc) is 2.64. The first kappa shape index (κ1) is 17.9. The summed E-state index contributed by atoms with van der Waals surface area (Å²) in [4.78, 5) is 27.2. The van der Waals surface area contributed by atoms with E-state index in [2.05, 4.69) is 17.6 Å². The lowest BCUT2D eigenvalue weighted by molar-refractivity contribution is -0.120. The van der Waals surface area contributed by atoms with Crippen LogP contribution >= 0.6 is 0 Å². The highest BCUT2D eigenvalue weighted by Gasteiger charge is 2.25. The van der Waals surface area contributed by atoms with Crippen LogP contribution in [-0.2, 0) is 4.79 Å². The molecule has 0 aliphatic carbocycles. The molecule has 0 aromatic heterocycles. The third-order valence-electron chi connectivity index (χ3n) is 5.46. The molecule has 2 fully saturated rings. The van der Waals surface area contributed by atoms with E-state index in [4.69, 9.17) is 0 Å². The minimum atomic E-state index is 0.0312. The zero-order valence-corrected chi connectivity index (χ0v) is 15.3. The number of piperidine rings is 2. The first-order chi connectivity index (χ1) is 12.1. The zero-order chi connectivity index (χ0) is 17.8. The first-order valence-electron chi connectivity index (χ1n) is 9.49. The summed E-state index contributed by atoms with van der Waals surface area (Å²) < 4.78 is 0. The fourth-order valence-corrected chi connectivity index (χ4v) is 3.81. The molecule has 5 nitrogen and oxygen atoms in total. The predicted octanol–water partition coefficient (Wildman–Crippen LogP) is 2.95. The SMILES string of the molecule is Cc1cc(C(=O)N2CCCCC2C)ccc1NC(=O)C1CCCNC1. The highest BCUT2D eigenvalue weighted by molar-refractivity contribution is 5.97. The monoisotopic (exact) mass is 343 g/mol. The van der Waals surface area contributed by atoms with E-state index in [1.165, 1.54) is 6.42 Å². The summed E-state index contributed by atoms with van der Waals surface area (Å²) in [7, 11) is 0. The second-order valence-corrected chi connectivity index (χ2v) is 7.41. The number of benzene rings is 1. The van der Waals surface area contributed by atoms with Gasteiger partial charge in [-0.1, -0.05) is 0 Å². The molecule has 2 heterocycles. The number of likely N-dealkylation sites (tertiary alicyclic amines) is 1. The van der Waals surface area contributed by atoms with Gasteiger partial charge in [-0.15, -0.1) is 0 Å². The van der Waals surface area contributed by atoms with Crippen molar-refractivity contribution in [3.8, 4) is 0 Å². The highest BCUT2D eigenvalue weighted by Crippen LogP contribution is 2.23. The van der Waals surface area contributed by atoms with Crippen LogP contribution in [0.1, 0.15) is 54.9 Å². The third kappa shape index (κ3) is 4.21. The lowest BCUT2D eigenvalue weighted by atomic mass is 9.98. The molecule has 1 aromatic rings. The van der Waals surface area contributed by atoms with E-state index < -0.39 is 0 Å². The van der Waals surface area contributed by atoms with Crippen LogP contribution in [0.5, 0.6) is 0 Å². The van der Waals surface area contributed by atoms with Gasteiger partial charge in [-0.2, -0.15) is 0 Å². The smallest absolute Gasteiger partial charge is 0.254 e. The number of carbonyl (C=O) groups excluding carboxylic acids is 2. The highest BCUT2D eigenvalue weighted by atomic mass is 16.2. The van der Waals surface area contributed by atoms with Gasteiger partial charge in [-0.25, -0.2) is 0 Å². The molecule has 2 saturated heterocycles. The number of nitrogens with zero attached hydrogens (tertiary/aromatic N) is 1. The minimum absolute atomic E-state index is 0.0312. The molecule has 136 valence electrons. The number of anilines is 1. The molecule has 25 heavy (non-hydrogen) atoms. The molecule has 2 unspecified atom stereocenters. The fourth-order valence-electron chi connectivity index (χ4n) is 3.81. The summed E-state index contributed by atoms with van der Waals surface area (Å²) in [6.45, 7) is 6.65. The van der Waals surface area contributed by atoms with Crippen molar-refractivity contribution < 1.29 is 9.59 Å². The minimum Gasteiger partial charge on any atom is -0.336 e. The Kier molecular flexibility index (Phi) is 5.74. The Morgan fingerprint density at radius 1 is 1.20 bits per heavy atom. The zero-order valence-electron chi connectivity index (χ0n) is 15.3. The van der Waals surface area contributed by atoms with Gasteiger partial charge in [0, 0.05) is 30.4 Å². The molecular formula is C20H29N3O2. The molecule has 3 rings (SSSR count). The van der Waals surface area contributed by atoms with Gasteiger partial charge in [0.05, 0.1) is 5.92 Å². The summed E-state index contributed by atoms with van der Waals surface area (Å²) in [5.74, 6) is 0.201. The van der Waals surface area contributed by atoms with Crippen molar-refractivity contribution >= 4 is 17.5 Å². The van der Waals surface area contributed by atoms with Gasteiger partial charge in [0.1, 0.15) is 0 Å². The Hall–Kier alpha value is -1.88. The molecule has 0 radical (unpaired) electrons. The van der Waals surface area contributed by atoms with Crippen molar-refractivity contribution in [2.24, 2.45) is 5.92 Å².